The van der Waals surface area contributed by atoms with Crippen LogP contribution in [0.4, 0.5) is 0 Å². The molecular formula is C13H23N3O2. The molecule has 0 saturated heterocycles. The maximum absolute atomic E-state index is 5.72. The molecule has 1 aromatic rings. The molecule has 5 nitrogen and oxygen atoms in total. The summed E-state index contributed by atoms with van der Waals surface area (Å²) in [6.45, 7) is 4.43. The van der Waals surface area contributed by atoms with Gasteiger partial charge in [0.1, 0.15) is 0 Å². The van der Waals surface area contributed by atoms with E-state index >= 15 is 0 Å². The Morgan fingerprint density at radius 3 is 2.44 bits per heavy atom. The Labute approximate surface area is 109 Å². The molecule has 0 spiro atoms. The molecule has 5 heteroatoms. The average molecular weight is 253 g/mol. The summed E-state index contributed by atoms with van der Waals surface area (Å²) in [5, 5.41) is 0. The largest absolute Gasteiger partial charge is 0.383 e. The molecular weight excluding hydrogens is 230 g/mol. The third kappa shape index (κ3) is 5.10. The Balaban J connectivity index is 2.62. The number of hydrogen-bond acceptors (Lipinski definition) is 5. The molecule has 1 heterocycles. The van der Waals surface area contributed by atoms with E-state index in [9.17, 15) is 0 Å². The lowest BCUT2D eigenvalue weighted by molar-refractivity contribution is 0.109. The van der Waals surface area contributed by atoms with E-state index in [-0.39, 0.29) is 0 Å². The predicted molar refractivity (Wildman–Crippen MR) is 71.2 cm³/mol. The van der Waals surface area contributed by atoms with Gasteiger partial charge in [0, 0.05) is 46.6 Å². The first-order valence-electron chi connectivity index (χ1n) is 6.15. The molecule has 0 aromatic carbocycles. The lowest BCUT2D eigenvalue weighted by Gasteiger charge is -2.22. The van der Waals surface area contributed by atoms with Crippen molar-refractivity contribution in [3.05, 3.63) is 29.6 Å². The summed E-state index contributed by atoms with van der Waals surface area (Å²) in [6.07, 6.45) is 1.80. The van der Waals surface area contributed by atoms with E-state index in [1.165, 1.54) is 0 Å². The van der Waals surface area contributed by atoms with Crippen molar-refractivity contribution in [2.45, 2.75) is 13.1 Å². The zero-order chi connectivity index (χ0) is 13.2. The molecule has 0 unspecified atom stereocenters. The van der Waals surface area contributed by atoms with Gasteiger partial charge in [0.15, 0.2) is 0 Å². The summed E-state index contributed by atoms with van der Waals surface area (Å²) >= 11 is 0. The van der Waals surface area contributed by atoms with E-state index in [0.29, 0.717) is 19.8 Å². The summed E-state index contributed by atoms with van der Waals surface area (Å²) in [5.41, 5.74) is 7.85. The zero-order valence-corrected chi connectivity index (χ0v) is 11.3. The highest BCUT2D eigenvalue weighted by Gasteiger charge is 2.09. The van der Waals surface area contributed by atoms with Gasteiger partial charge in [-0.15, -0.1) is 0 Å². The van der Waals surface area contributed by atoms with Crippen molar-refractivity contribution in [1.29, 1.82) is 0 Å². The van der Waals surface area contributed by atoms with Crippen LogP contribution in [0.25, 0.3) is 0 Å². The van der Waals surface area contributed by atoms with E-state index < -0.39 is 0 Å². The Bertz CT molecular complexity index is 326. The number of pyridine rings is 1. The van der Waals surface area contributed by atoms with Gasteiger partial charge >= 0.3 is 0 Å². The second kappa shape index (κ2) is 8.99. The fraction of sp³-hybridized carbons (Fsp3) is 0.615. The molecule has 0 amide bonds. The second-order valence-corrected chi connectivity index (χ2v) is 4.08. The van der Waals surface area contributed by atoms with Gasteiger partial charge in [0.2, 0.25) is 0 Å². The first-order valence-corrected chi connectivity index (χ1v) is 6.15. The van der Waals surface area contributed by atoms with Crippen molar-refractivity contribution in [2.24, 2.45) is 5.73 Å². The zero-order valence-electron chi connectivity index (χ0n) is 11.3. The number of aromatic nitrogens is 1. The first-order chi connectivity index (χ1) is 8.81. The molecule has 0 aliphatic heterocycles. The van der Waals surface area contributed by atoms with Gasteiger partial charge in [-0.1, -0.05) is 6.07 Å². The molecule has 0 fully saturated rings. The molecule has 0 bridgehead atoms. The number of methoxy groups -OCH3 is 2. The van der Waals surface area contributed by atoms with Gasteiger partial charge in [-0.25, -0.2) is 0 Å². The summed E-state index contributed by atoms with van der Waals surface area (Å²) in [6, 6.07) is 3.94. The molecule has 2 N–H and O–H groups in total. The monoisotopic (exact) mass is 253 g/mol. The second-order valence-electron chi connectivity index (χ2n) is 4.08. The smallest absolute Gasteiger partial charge is 0.0589 e. The minimum atomic E-state index is 0.519. The minimum absolute atomic E-state index is 0.519. The van der Waals surface area contributed by atoms with Gasteiger partial charge in [-0.3, -0.25) is 9.88 Å². The summed E-state index contributed by atoms with van der Waals surface area (Å²) in [5.74, 6) is 0. The maximum atomic E-state index is 5.72. The van der Waals surface area contributed by atoms with Gasteiger partial charge in [0.25, 0.3) is 0 Å². The van der Waals surface area contributed by atoms with Gasteiger partial charge in [-0.2, -0.15) is 0 Å². The Morgan fingerprint density at radius 2 is 1.89 bits per heavy atom. The summed E-state index contributed by atoms with van der Waals surface area (Å²) in [4.78, 5) is 6.66. The van der Waals surface area contributed by atoms with Crippen LogP contribution < -0.4 is 5.73 Å². The van der Waals surface area contributed by atoms with Crippen LogP contribution in [-0.4, -0.2) is 50.4 Å². The molecule has 102 valence electrons. The molecule has 0 saturated carbocycles. The van der Waals surface area contributed by atoms with Crippen LogP contribution in [0.1, 0.15) is 11.3 Å². The van der Waals surface area contributed by atoms with E-state index in [4.69, 9.17) is 15.2 Å². The number of hydrogen-bond donors (Lipinski definition) is 1. The Kier molecular flexibility index (Phi) is 7.52. The van der Waals surface area contributed by atoms with Crippen molar-refractivity contribution in [3.63, 3.8) is 0 Å². The van der Waals surface area contributed by atoms with E-state index in [0.717, 1.165) is 30.9 Å². The molecule has 0 aliphatic carbocycles. The van der Waals surface area contributed by atoms with E-state index in [1.54, 1.807) is 20.4 Å². The highest BCUT2D eigenvalue weighted by molar-refractivity contribution is 5.19. The van der Waals surface area contributed by atoms with Gasteiger partial charge in [-0.05, 0) is 11.6 Å². The molecule has 18 heavy (non-hydrogen) atoms. The Morgan fingerprint density at radius 1 is 1.22 bits per heavy atom. The number of rotatable bonds is 9. The predicted octanol–water partition coefficient (Wildman–Crippen LogP) is 0.635. The van der Waals surface area contributed by atoms with Crippen molar-refractivity contribution in [1.82, 2.24) is 9.88 Å². The first kappa shape index (κ1) is 15.0. The molecule has 0 atom stereocenters. The van der Waals surface area contributed by atoms with Gasteiger partial charge in [0.05, 0.1) is 18.9 Å². The highest BCUT2D eigenvalue weighted by Crippen LogP contribution is 2.08. The van der Waals surface area contributed by atoms with Crippen LogP contribution in [0.5, 0.6) is 0 Å². The number of nitrogens with two attached hydrogens (primary N) is 1. The SMILES string of the molecule is COCCN(CCOC)Cc1ncccc1CN. The number of nitrogens with zero attached hydrogens (tertiary/aromatic N) is 2. The van der Waals surface area contributed by atoms with Crippen LogP contribution in [0.15, 0.2) is 18.3 Å². The fourth-order valence-electron chi connectivity index (χ4n) is 1.72. The van der Waals surface area contributed by atoms with E-state index in [2.05, 4.69) is 9.88 Å². The maximum Gasteiger partial charge on any atom is 0.0589 e. The van der Waals surface area contributed by atoms with Crippen molar-refractivity contribution in [3.8, 4) is 0 Å². The normalized spacial score (nSPS) is 11.1. The van der Waals surface area contributed by atoms with Crippen molar-refractivity contribution < 1.29 is 9.47 Å². The molecule has 1 rings (SSSR count). The Hall–Kier alpha value is -1.01. The average Bonchev–Trinajstić information content (AvgIpc) is 2.42. The van der Waals surface area contributed by atoms with Gasteiger partial charge < -0.3 is 15.2 Å². The van der Waals surface area contributed by atoms with Crippen LogP contribution >= 0.6 is 0 Å². The van der Waals surface area contributed by atoms with E-state index in [1.807, 2.05) is 12.1 Å². The lowest BCUT2D eigenvalue weighted by atomic mass is 10.2. The topological polar surface area (TPSA) is 60.6 Å². The third-order valence-electron chi connectivity index (χ3n) is 2.80. The molecule has 0 radical (unpaired) electrons. The van der Waals surface area contributed by atoms with Crippen molar-refractivity contribution in [2.75, 3.05) is 40.5 Å². The van der Waals surface area contributed by atoms with Crippen LogP contribution in [-0.2, 0) is 22.6 Å². The van der Waals surface area contributed by atoms with Crippen LogP contribution in [0, 0.1) is 0 Å². The van der Waals surface area contributed by atoms with Crippen molar-refractivity contribution >= 4 is 0 Å². The molecule has 1 aromatic heterocycles. The van der Waals surface area contributed by atoms with Crippen LogP contribution in [0.3, 0.4) is 0 Å². The quantitative estimate of drug-likeness (QED) is 0.699. The fourth-order valence-corrected chi connectivity index (χ4v) is 1.72. The minimum Gasteiger partial charge on any atom is -0.383 e. The van der Waals surface area contributed by atoms with Crippen LogP contribution in [0.2, 0.25) is 0 Å². The highest BCUT2D eigenvalue weighted by atomic mass is 16.5. The number of ether oxygens (including phenoxy) is 2. The third-order valence-corrected chi connectivity index (χ3v) is 2.80. The molecule has 0 aliphatic rings. The summed E-state index contributed by atoms with van der Waals surface area (Å²) in [7, 11) is 3.42. The standard InChI is InChI=1S/C13H23N3O2/c1-17-8-6-16(7-9-18-2)11-13-12(10-14)4-3-5-15-13/h3-5H,6-11,14H2,1-2H3. The lowest BCUT2D eigenvalue weighted by Crippen LogP contribution is -2.31. The summed E-state index contributed by atoms with van der Waals surface area (Å²) < 4.78 is 10.2.